The topological polar surface area (TPSA) is 12.0 Å². The van der Waals surface area contributed by atoms with Crippen LogP contribution in [0, 0.1) is 13.8 Å². The molecule has 4 heteroatoms. The highest BCUT2D eigenvalue weighted by molar-refractivity contribution is 7.20. The van der Waals surface area contributed by atoms with Crippen LogP contribution in [0.25, 0.3) is 0 Å². The third-order valence-electron chi connectivity index (χ3n) is 3.15. The monoisotopic (exact) mass is 313 g/mol. The van der Waals surface area contributed by atoms with E-state index < -0.39 is 0 Å². The van der Waals surface area contributed by atoms with Crippen LogP contribution in [0.2, 0.25) is 8.67 Å². The second kappa shape index (κ2) is 6.27. The standard InChI is InChI=1S/C15H17Cl2NS/c1-4-18-14(12-8-13(16)19-15(12)17)11-7-9(2)5-6-10(11)3/h5-8,14,18H,4H2,1-3H3. The van der Waals surface area contributed by atoms with Crippen molar-refractivity contribution < 1.29 is 0 Å². The normalized spacial score (nSPS) is 12.7. The van der Waals surface area contributed by atoms with Crippen molar-refractivity contribution in [3.63, 3.8) is 0 Å². The summed E-state index contributed by atoms with van der Waals surface area (Å²) in [6, 6.07) is 8.55. The maximum atomic E-state index is 6.31. The summed E-state index contributed by atoms with van der Waals surface area (Å²) in [4.78, 5) is 0. The minimum Gasteiger partial charge on any atom is -0.306 e. The lowest BCUT2D eigenvalue weighted by Gasteiger charge is -2.20. The summed E-state index contributed by atoms with van der Waals surface area (Å²) in [5, 5.41) is 3.50. The van der Waals surface area contributed by atoms with Crippen LogP contribution in [0.5, 0.6) is 0 Å². The van der Waals surface area contributed by atoms with Gasteiger partial charge in [-0.2, -0.15) is 0 Å². The zero-order chi connectivity index (χ0) is 14.0. The summed E-state index contributed by atoms with van der Waals surface area (Å²) in [6.45, 7) is 7.21. The van der Waals surface area contributed by atoms with Gasteiger partial charge in [0.1, 0.15) is 0 Å². The van der Waals surface area contributed by atoms with Gasteiger partial charge in [0.15, 0.2) is 0 Å². The Hall–Kier alpha value is -0.540. The van der Waals surface area contributed by atoms with Crippen LogP contribution in [0.15, 0.2) is 24.3 Å². The van der Waals surface area contributed by atoms with Gasteiger partial charge in [-0.3, -0.25) is 0 Å². The van der Waals surface area contributed by atoms with Crippen molar-refractivity contribution >= 4 is 34.5 Å². The molecule has 0 aliphatic heterocycles. The molecule has 0 aliphatic carbocycles. The smallest absolute Gasteiger partial charge is 0.0995 e. The average molecular weight is 314 g/mol. The summed E-state index contributed by atoms with van der Waals surface area (Å²) < 4.78 is 1.49. The maximum absolute atomic E-state index is 6.31. The van der Waals surface area contributed by atoms with Gasteiger partial charge in [-0.05, 0) is 37.6 Å². The second-order valence-corrected chi connectivity index (χ2v) is 6.92. The van der Waals surface area contributed by atoms with Gasteiger partial charge in [0.05, 0.1) is 14.7 Å². The molecule has 0 spiro atoms. The fraction of sp³-hybridized carbons (Fsp3) is 0.333. The molecule has 0 fully saturated rings. The summed E-state index contributed by atoms with van der Waals surface area (Å²) in [7, 11) is 0. The third kappa shape index (κ3) is 3.32. The predicted molar refractivity (Wildman–Crippen MR) is 85.8 cm³/mol. The van der Waals surface area contributed by atoms with Crippen LogP contribution in [0.3, 0.4) is 0 Å². The molecule has 1 heterocycles. The van der Waals surface area contributed by atoms with Crippen LogP contribution in [0.1, 0.15) is 35.2 Å². The minimum absolute atomic E-state index is 0.0983. The van der Waals surface area contributed by atoms with Crippen molar-refractivity contribution in [2.75, 3.05) is 6.54 Å². The molecule has 0 aliphatic rings. The first-order valence-corrected chi connectivity index (χ1v) is 7.85. The molecule has 2 rings (SSSR count). The average Bonchev–Trinajstić information content (AvgIpc) is 2.69. The number of benzene rings is 1. The maximum Gasteiger partial charge on any atom is 0.0995 e. The first-order valence-electron chi connectivity index (χ1n) is 6.28. The van der Waals surface area contributed by atoms with E-state index in [9.17, 15) is 0 Å². The SMILES string of the molecule is CCNC(c1cc(C)ccc1C)c1cc(Cl)sc1Cl. The van der Waals surface area contributed by atoms with Gasteiger partial charge < -0.3 is 5.32 Å². The van der Waals surface area contributed by atoms with E-state index in [4.69, 9.17) is 23.2 Å². The Morgan fingerprint density at radius 1 is 1.16 bits per heavy atom. The molecule has 1 aromatic heterocycles. The number of hydrogen-bond acceptors (Lipinski definition) is 2. The summed E-state index contributed by atoms with van der Waals surface area (Å²) in [6.07, 6.45) is 0. The molecule has 1 N–H and O–H groups in total. The number of rotatable bonds is 4. The van der Waals surface area contributed by atoms with Crippen LogP contribution in [0.4, 0.5) is 0 Å². The molecule has 1 unspecified atom stereocenters. The number of halogens is 2. The van der Waals surface area contributed by atoms with Gasteiger partial charge >= 0.3 is 0 Å². The van der Waals surface area contributed by atoms with Crippen LogP contribution >= 0.6 is 34.5 Å². The summed E-state index contributed by atoms with van der Waals surface area (Å²) in [5.41, 5.74) is 4.83. The highest BCUT2D eigenvalue weighted by Gasteiger charge is 2.20. The van der Waals surface area contributed by atoms with E-state index in [-0.39, 0.29) is 6.04 Å². The number of aryl methyl sites for hydroxylation is 2. The molecule has 1 aromatic carbocycles. The molecular weight excluding hydrogens is 297 g/mol. The Morgan fingerprint density at radius 3 is 2.47 bits per heavy atom. The fourth-order valence-electron chi connectivity index (χ4n) is 2.21. The van der Waals surface area contributed by atoms with Gasteiger partial charge in [0.25, 0.3) is 0 Å². The second-order valence-electron chi connectivity index (χ2n) is 4.63. The van der Waals surface area contributed by atoms with Crippen molar-refractivity contribution in [3.05, 3.63) is 55.2 Å². The molecular formula is C15H17Cl2NS. The Morgan fingerprint density at radius 2 is 1.89 bits per heavy atom. The van der Waals surface area contributed by atoms with Crippen LogP contribution in [-0.2, 0) is 0 Å². The fourth-order valence-corrected chi connectivity index (χ4v) is 3.74. The molecule has 0 bridgehead atoms. The Balaban J connectivity index is 2.51. The molecule has 19 heavy (non-hydrogen) atoms. The van der Waals surface area contributed by atoms with Crippen molar-refractivity contribution in [2.45, 2.75) is 26.8 Å². The third-order valence-corrected chi connectivity index (χ3v) is 4.67. The van der Waals surface area contributed by atoms with Crippen molar-refractivity contribution in [1.82, 2.24) is 5.32 Å². The first kappa shape index (κ1) is 14.9. The van der Waals surface area contributed by atoms with Crippen molar-refractivity contribution in [2.24, 2.45) is 0 Å². The summed E-state index contributed by atoms with van der Waals surface area (Å²) >= 11 is 13.8. The predicted octanol–water partition coefficient (Wildman–Crippen LogP) is 5.37. The molecule has 0 saturated heterocycles. The van der Waals surface area contributed by atoms with Crippen molar-refractivity contribution in [3.8, 4) is 0 Å². The van der Waals surface area contributed by atoms with Gasteiger partial charge in [0, 0.05) is 5.56 Å². The Labute approximate surface area is 128 Å². The lowest BCUT2D eigenvalue weighted by atomic mass is 9.95. The number of nitrogens with one attached hydrogen (secondary N) is 1. The molecule has 0 amide bonds. The number of hydrogen-bond donors (Lipinski definition) is 1. The molecule has 1 nitrogen and oxygen atoms in total. The van der Waals surface area contributed by atoms with Gasteiger partial charge in [-0.1, -0.05) is 53.9 Å². The van der Waals surface area contributed by atoms with E-state index >= 15 is 0 Å². The van der Waals surface area contributed by atoms with Gasteiger partial charge in [-0.25, -0.2) is 0 Å². The van der Waals surface area contributed by atoms with E-state index in [1.54, 1.807) is 0 Å². The van der Waals surface area contributed by atoms with E-state index in [1.165, 1.54) is 28.0 Å². The molecule has 2 aromatic rings. The Bertz CT molecular complexity index is 578. The van der Waals surface area contributed by atoms with Gasteiger partial charge in [0.2, 0.25) is 0 Å². The van der Waals surface area contributed by atoms with E-state index in [1.807, 2.05) is 6.07 Å². The van der Waals surface area contributed by atoms with Crippen LogP contribution in [-0.4, -0.2) is 6.54 Å². The first-order chi connectivity index (χ1) is 9.02. The number of thiophene rings is 1. The van der Waals surface area contributed by atoms with Crippen LogP contribution < -0.4 is 5.32 Å². The zero-order valence-electron chi connectivity index (χ0n) is 11.3. The molecule has 0 radical (unpaired) electrons. The minimum atomic E-state index is 0.0983. The molecule has 1 atom stereocenters. The zero-order valence-corrected chi connectivity index (χ0v) is 13.6. The molecule has 102 valence electrons. The molecule has 0 saturated carbocycles. The van der Waals surface area contributed by atoms with Gasteiger partial charge in [-0.15, -0.1) is 11.3 Å². The Kier molecular flexibility index (Phi) is 4.91. The summed E-state index contributed by atoms with van der Waals surface area (Å²) in [5.74, 6) is 0. The van der Waals surface area contributed by atoms with Crippen molar-refractivity contribution in [1.29, 1.82) is 0 Å². The lowest BCUT2D eigenvalue weighted by molar-refractivity contribution is 0.629. The highest BCUT2D eigenvalue weighted by Crippen LogP contribution is 2.38. The largest absolute Gasteiger partial charge is 0.306 e. The van der Waals surface area contributed by atoms with E-state index in [2.05, 4.69) is 44.3 Å². The quantitative estimate of drug-likeness (QED) is 0.800. The van der Waals surface area contributed by atoms with E-state index in [0.29, 0.717) is 0 Å². The lowest BCUT2D eigenvalue weighted by Crippen LogP contribution is -2.22. The van der Waals surface area contributed by atoms with E-state index in [0.717, 1.165) is 20.8 Å². The highest BCUT2D eigenvalue weighted by atomic mass is 35.5.